The lowest BCUT2D eigenvalue weighted by atomic mass is 9.76. The van der Waals surface area contributed by atoms with E-state index in [0.717, 1.165) is 17.9 Å². The topological polar surface area (TPSA) is 102 Å². The minimum absolute atomic E-state index is 0.0455. The fourth-order valence-electron chi connectivity index (χ4n) is 3.52. The smallest absolute Gasteiger partial charge is 0.147 e. The molecule has 0 bridgehead atoms. The van der Waals surface area contributed by atoms with E-state index in [2.05, 4.69) is 43.1 Å². The van der Waals surface area contributed by atoms with Crippen molar-refractivity contribution in [3.8, 4) is 0 Å². The molecule has 5 nitrogen and oxygen atoms in total. The van der Waals surface area contributed by atoms with Crippen LogP contribution in [0, 0.1) is 0 Å². The first-order chi connectivity index (χ1) is 16.6. The summed E-state index contributed by atoms with van der Waals surface area (Å²) in [4.78, 5) is 25.4. The van der Waals surface area contributed by atoms with Crippen LogP contribution in [0.1, 0.15) is 84.2 Å². The van der Waals surface area contributed by atoms with Crippen LogP contribution >= 0.6 is 11.8 Å². The van der Waals surface area contributed by atoms with Gasteiger partial charge in [0.1, 0.15) is 11.6 Å². The Kier molecular flexibility index (Phi) is 16.2. The molecule has 196 valence electrons. The molecule has 0 unspecified atom stereocenters. The second-order valence-corrected chi connectivity index (χ2v) is 9.76. The fraction of sp³-hybridized carbons (Fsp3) is 0.517. The molecule has 35 heavy (non-hydrogen) atoms. The molecular formula is C29H47N3O2S. The van der Waals surface area contributed by atoms with E-state index in [1.54, 1.807) is 18.7 Å². The van der Waals surface area contributed by atoms with Gasteiger partial charge in [-0.2, -0.15) is 11.8 Å². The molecule has 1 aliphatic rings. The molecule has 0 spiro atoms. The van der Waals surface area contributed by atoms with Crippen molar-refractivity contribution in [2.75, 3.05) is 5.75 Å². The molecule has 0 saturated carbocycles. The van der Waals surface area contributed by atoms with Crippen LogP contribution in [0.4, 0.5) is 0 Å². The second-order valence-electron chi connectivity index (χ2n) is 8.73. The van der Waals surface area contributed by atoms with Crippen LogP contribution in [-0.4, -0.2) is 34.4 Å². The summed E-state index contributed by atoms with van der Waals surface area (Å²) in [5.41, 5.74) is 16.5. The van der Waals surface area contributed by atoms with Crippen molar-refractivity contribution in [3.05, 3.63) is 65.0 Å². The highest BCUT2D eigenvalue weighted by atomic mass is 32.2. The highest BCUT2D eigenvalue weighted by molar-refractivity contribution is 7.98. The first kappa shape index (κ1) is 32.8. The standard InChI is InChI=1S/C14H20N2O.C11H15NOS.2C2H6/c1-9(17)11(15)7-10-8-16-12-5-4-6-14(2,3)13(10)12;1-9(13)11(12)8-14-7-10-5-3-2-4-6-10;2*1-2/h4-5,8,11,16H,6-7,15H2,1-3H3;2-6,11H,7-8,12H2,1H3;2*1-2H3/t2*11-;;/m00../s1. The van der Waals surface area contributed by atoms with E-state index < -0.39 is 6.04 Å². The van der Waals surface area contributed by atoms with Crippen LogP contribution in [0.15, 0.2) is 42.6 Å². The van der Waals surface area contributed by atoms with Crippen molar-refractivity contribution in [2.45, 2.75) is 91.5 Å². The lowest BCUT2D eigenvalue weighted by molar-refractivity contribution is -0.118. The van der Waals surface area contributed by atoms with Gasteiger partial charge in [0, 0.05) is 23.4 Å². The van der Waals surface area contributed by atoms with Gasteiger partial charge in [-0.05, 0) is 54.9 Å². The molecule has 0 radical (unpaired) electrons. The van der Waals surface area contributed by atoms with E-state index in [1.807, 2.05) is 52.1 Å². The van der Waals surface area contributed by atoms with Gasteiger partial charge in [-0.3, -0.25) is 9.59 Å². The Balaban J connectivity index is 0.000000587. The summed E-state index contributed by atoms with van der Waals surface area (Å²) < 4.78 is 0. The SMILES string of the molecule is CC.CC.CC(=O)[C@@H](N)CSCc1ccccc1.CC(=O)[C@@H](N)Cc1c[nH]c2c1C(C)(C)CC=C2. The van der Waals surface area contributed by atoms with E-state index >= 15 is 0 Å². The van der Waals surface area contributed by atoms with Crippen molar-refractivity contribution in [1.29, 1.82) is 0 Å². The first-order valence-electron chi connectivity index (χ1n) is 12.6. The summed E-state index contributed by atoms with van der Waals surface area (Å²) >= 11 is 1.70. The number of hydrogen-bond acceptors (Lipinski definition) is 5. The maximum absolute atomic E-state index is 11.3. The first-order valence-corrected chi connectivity index (χ1v) is 13.8. The van der Waals surface area contributed by atoms with Crippen molar-refractivity contribution >= 4 is 29.4 Å². The number of hydrogen-bond donors (Lipinski definition) is 3. The Labute approximate surface area is 217 Å². The number of nitrogens with two attached hydrogens (primary N) is 2. The number of Topliss-reactive ketones (excluding diaryl/α,β-unsaturated/α-hetero) is 2. The molecular weight excluding hydrogens is 454 g/mol. The third-order valence-electron chi connectivity index (χ3n) is 5.47. The van der Waals surface area contributed by atoms with Crippen LogP contribution in [-0.2, 0) is 27.2 Å². The third-order valence-corrected chi connectivity index (χ3v) is 6.61. The Morgan fingerprint density at radius 1 is 1.00 bits per heavy atom. The Morgan fingerprint density at radius 3 is 2.11 bits per heavy atom. The van der Waals surface area contributed by atoms with Crippen molar-refractivity contribution in [1.82, 2.24) is 4.98 Å². The van der Waals surface area contributed by atoms with E-state index in [9.17, 15) is 9.59 Å². The molecule has 3 rings (SSSR count). The molecule has 0 saturated heterocycles. The minimum atomic E-state index is -0.392. The summed E-state index contributed by atoms with van der Waals surface area (Å²) in [6.45, 7) is 15.5. The van der Waals surface area contributed by atoms with Crippen LogP contribution < -0.4 is 11.5 Å². The van der Waals surface area contributed by atoms with E-state index in [0.29, 0.717) is 12.2 Å². The third kappa shape index (κ3) is 11.4. The van der Waals surface area contributed by atoms with Crippen LogP contribution in [0.2, 0.25) is 0 Å². The number of H-pyrrole nitrogens is 1. The number of ketones is 2. The maximum Gasteiger partial charge on any atom is 0.147 e. The normalized spacial score (nSPS) is 14.5. The number of carbonyl (C=O) groups excluding carboxylic acids is 2. The lowest BCUT2D eigenvalue weighted by Crippen LogP contribution is -2.32. The number of aromatic amines is 1. The highest BCUT2D eigenvalue weighted by Gasteiger charge is 2.29. The quantitative estimate of drug-likeness (QED) is 0.408. The molecule has 1 aromatic heterocycles. The maximum atomic E-state index is 11.3. The van der Waals surface area contributed by atoms with E-state index in [1.165, 1.54) is 23.6 Å². The number of thioether (sulfide) groups is 1. The van der Waals surface area contributed by atoms with Gasteiger partial charge in [-0.25, -0.2) is 0 Å². The summed E-state index contributed by atoms with van der Waals surface area (Å²) in [6, 6.07) is 9.47. The molecule has 5 N–H and O–H groups in total. The predicted octanol–water partition coefficient (Wildman–Crippen LogP) is 6.06. The highest BCUT2D eigenvalue weighted by Crippen LogP contribution is 2.37. The van der Waals surface area contributed by atoms with Crippen LogP contribution in [0.3, 0.4) is 0 Å². The van der Waals surface area contributed by atoms with Crippen molar-refractivity contribution < 1.29 is 9.59 Å². The van der Waals surface area contributed by atoms with Crippen molar-refractivity contribution in [2.24, 2.45) is 11.5 Å². The summed E-state index contributed by atoms with van der Waals surface area (Å²) in [6.07, 6.45) is 7.94. The number of fused-ring (bicyclic) bond motifs is 1. The monoisotopic (exact) mass is 501 g/mol. The molecule has 1 heterocycles. The van der Waals surface area contributed by atoms with Gasteiger partial charge in [0.25, 0.3) is 0 Å². The summed E-state index contributed by atoms with van der Waals surface area (Å²) in [7, 11) is 0. The van der Waals surface area contributed by atoms with Gasteiger partial charge < -0.3 is 16.5 Å². The Morgan fingerprint density at radius 2 is 1.57 bits per heavy atom. The average Bonchev–Trinajstić information content (AvgIpc) is 3.26. The zero-order chi connectivity index (χ0) is 27.0. The van der Waals surface area contributed by atoms with Gasteiger partial charge in [-0.15, -0.1) is 0 Å². The minimum Gasteiger partial charge on any atom is -0.361 e. The molecule has 1 aromatic carbocycles. The largest absolute Gasteiger partial charge is 0.361 e. The van der Waals surface area contributed by atoms with Crippen LogP contribution in [0.25, 0.3) is 6.08 Å². The molecule has 0 amide bonds. The number of rotatable bonds is 8. The number of aromatic nitrogens is 1. The van der Waals surface area contributed by atoms with Gasteiger partial charge in [0.05, 0.1) is 12.1 Å². The molecule has 0 aliphatic heterocycles. The van der Waals surface area contributed by atoms with Gasteiger partial charge in [0.2, 0.25) is 0 Å². The second kappa shape index (κ2) is 17.3. The number of benzene rings is 1. The lowest BCUT2D eigenvalue weighted by Gasteiger charge is -2.28. The fourth-order valence-corrected chi connectivity index (χ4v) is 4.56. The average molecular weight is 502 g/mol. The zero-order valence-electron chi connectivity index (χ0n) is 23.0. The Hall–Kier alpha value is -2.15. The summed E-state index contributed by atoms with van der Waals surface area (Å²) in [5, 5.41) is 0. The van der Waals surface area contributed by atoms with E-state index in [4.69, 9.17) is 11.5 Å². The molecule has 1 aliphatic carbocycles. The predicted molar refractivity (Wildman–Crippen MR) is 154 cm³/mol. The molecule has 0 fully saturated rings. The number of allylic oxidation sites excluding steroid dienone is 1. The number of nitrogens with one attached hydrogen (secondary N) is 1. The van der Waals surface area contributed by atoms with Crippen molar-refractivity contribution in [3.63, 3.8) is 0 Å². The Bertz CT molecular complexity index is 904. The van der Waals surface area contributed by atoms with Gasteiger partial charge in [0.15, 0.2) is 0 Å². The van der Waals surface area contributed by atoms with Crippen LogP contribution in [0.5, 0.6) is 0 Å². The van der Waals surface area contributed by atoms with Gasteiger partial charge in [-0.1, -0.05) is 78.0 Å². The molecule has 6 heteroatoms. The number of carbonyl (C=O) groups is 2. The molecule has 2 aromatic rings. The van der Waals surface area contributed by atoms with E-state index in [-0.39, 0.29) is 23.0 Å². The summed E-state index contributed by atoms with van der Waals surface area (Å²) in [5.74, 6) is 1.72. The molecule has 2 atom stereocenters. The van der Waals surface area contributed by atoms with Gasteiger partial charge >= 0.3 is 0 Å². The zero-order valence-corrected chi connectivity index (χ0v) is 23.8.